The maximum atomic E-state index is 12.5. The molecule has 6 heterocycles. The van der Waals surface area contributed by atoms with E-state index in [1.165, 1.54) is 18.7 Å². The predicted octanol–water partition coefficient (Wildman–Crippen LogP) is 8.25. The molecule has 4 aromatic heterocycles. The maximum Gasteiger partial charge on any atom is 0.410 e. The third-order valence-corrected chi connectivity index (χ3v) is 10.5. The van der Waals surface area contributed by atoms with Gasteiger partial charge in [0.25, 0.3) is 0 Å². The molecule has 1 amide bonds. The van der Waals surface area contributed by atoms with E-state index < -0.39 is 30.8 Å². The summed E-state index contributed by atoms with van der Waals surface area (Å²) >= 11 is 7.78. The van der Waals surface area contributed by atoms with E-state index in [-0.39, 0.29) is 21.0 Å². The highest BCUT2D eigenvalue weighted by molar-refractivity contribution is 7.19. The van der Waals surface area contributed by atoms with Crippen molar-refractivity contribution >= 4 is 66.6 Å². The van der Waals surface area contributed by atoms with E-state index in [9.17, 15) is 31.1 Å². The summed E-state index contributed by atoms with van der Waals surface area (Å²) in [6, 6.07) is 2.94. The lowest BCUT2D eigenvalue weighted by Gasteiger charge is -2.32. The molecule has 10 nitrogen and oxygen atoms in total. The largest absolute Gasteiger partial charge is 0.444 e. The average molecular weight is 797 g/mol. The average Bonchev–Trinajstić information content (AvgIpc) is 3.66. The lowest BCUT2D eigenvalue weighted by molar-refractivity contribution is -0.127. The summed E-state index contributed by atoms with van der Waals surface area (Å²) < 4.78 is 79.2. The molecule has 2 fully saturated rings. The molecule has 0 aliphatic carbocycles. The summed E-state index contributed by atoms with van der Waals surface area (Å²) in [6.07, 6.45) is -3.64. The van der Waals surface area contributed by atoms with Gasteiger partial charge in [0.2, 0.25) is 0 Å². The molecule has 4 N–H and O–H groups in total. The second-order valence-electron chi connectivity index (χ2n) is 13.6. The minimum Gasteiger partial charge on any atom is -0.444 e. The molecule has 0 spiro atoms. The number of carbonyl (C=O) groups is 1. The van der Waals surface area contributed by atoms with Crippen molar-refractivity contribution < 1.29 is 35.9 Å². The number of anilines is 1. The second-order valence-corrected chi connectivity index (χ2v) is 16.1. The van der Waals surface area contributed by atoms with E-state index in [1.807, 2.05) is 20.8 Å². The number of likely N-dealkylation sites (tertiary alicyclic amines) is 1. The number of piperidine rings is 2. The van der Waals surface area contributed by atoms with Crippen LogP contribution in [0.25, 0.3) is 20.4 Å². The first-order valence-corrected chi connectivity index (χ1v) is 18.8. The van der Waals surface area contributed by atoms with Gasteiger partial charge in [-0.3, -0.25) is 0 Å². The Bertz CT molecular complexity index is 1730. The van der Waals surface area contributed by atoms with Gasteiger partial charge in [-0.05, 0) is 90.1 Å². The lowest BCUT2D eigenvalue weighted by atomic mass is 9.97. The van der Waals surface area contributed by atoms with Crippen LogP contribution in [0.4, 0.5) is 37.0 Å². The van der Waals surface area contributed by atoms with Crippen molar-refractivity contribution in [2.75, 3.05) is 44.6 Å². The number of rotatable bonds is 6. The Morgan fingerprint density at radius 2 is 1.42 bits per heavy atom. The van der Waals surface area contributed by atoms with E-state index in [1.54, 1.807) is 11.0 Å². The number of hydrogen-bond donors (Lipinski definition) is 3. The van der Waals surface area contributed by atoms with Crippen LogP contribution in [0.3, 0.4) is 0 Å². The monoisotopic (exact) mass is 796 g/mol. The molecule has 6 rings (SSSR count). The summed E-state index contributed by atoms with van der Waals surface area (Å²) in [4.78, 5) is 30.8. The second kappa shape index (κ2) is 18.3. The van der Waals surface area contributed by atoms with Crippen molar-refractivity contribution in [2.24, 2.45) is 17.6 Å². The fraction of sp³-hybridized carbons (Fsp3) is 0.606. The van der Waals surface area contributed by atoms with Crippen LogP contribution in [0.1, 0.15) is 56.2 Å². The molecule has 0 bridgehead atoms. The summed E-state index contributed by atoms with van der Waals surface area (Å²) in [5, 5.41) is 7.93. The number of aromatic nitrogens is 4. The van der Waals surface area contributed by atoms with Crippen molar-refractivity contribution in [1.29, 1.82) is 0 Å². The number of nitrogens with two attached hydrogens (primary N) is 1. The molecule has 2 saturated heterocycles. The topological polar surface area (TPSA) is 131 Å². The first kappa shape index (κ1) is 41.7. The van der Waals surface area contributed by atoms with Gasteiger partial charge in [0, 0.05) is 34.8 Å². The van der Waals surface area contributed by atoms with E-state index in [0.717, 1.165) is 87.6 Å². The van der Waals surface area contributed by atoms with Crippen LogP contribution in [0.2, 0.25) is 5.15 Å². The Morgan fingerprint density at radius 1 is 0.885 bits per heavy atom. The normalized spacial score (nSPS) is 16.2. The van der Waals surface area contributed by atoms with Gasteiger partial charge in [-0.25, -0.2) is 24.7 Å². The fourth-order valence-electron chi connectivity index (χ4n) is 5.50. The van der Waals surface area contributed by atoms with Crippen molar-refractivity contribution in [3.05, 3.63) is 39.7 Å². The Hall–Kier alpha value is -3.06. The van der Waals surface area contributed by atoms with Gasteiger partial charge in [0.1, 0.15) is 38.9 Å². The molecule has 2 aliphatic heterocycles. The van der Waals surface area contributed by atoms with Gasteiger partial charge >= 0.3 is 18.4 Å². The zero-order valence-electron chi connectivity index (χ0n) is 29.0. The fourth-order valence-corrected chi connectivity index (χ4v) is 7.79. The molecular weight excluding hydrogens is 754 g/mol. The minimum atomic E-state index is -4.21. The lowest BCUT2D eigenvalue weighted by Crippen LogP contribution is -2.42. The number of thiophene rings is 2. The molecule has 19 heteroatoms. The minimum absolute atomic E-state index is 0.185. The Morgan fingerprint density at radius 3 is 1.94 bits per heavy atom. The van der Waals surface area contributed by atoms with Crippen molar-refractivity contribution in [2.45, 2.75) is 77.2 Å². The standard InChI is InChI=1S/C14H17F3N4S.C11H22N2O2.C8H4ClF3N2S/c15-14(16,17)6-10-5-11-12(20-8-21-13(11)22-10)19-7-9-1-3-18-4-2-9;1-11(2,3)15-10(14)13-6-4-9(8-12)5-7-13;9-6-5-1-4(2-8(10,11)12)15-7(5)14-3-13-6/h5,8-9,18H,1-4,6-7H2,(H,19,20,21);9H,4-8,12H2,1-3H3;1,3H,2H2. The Kier molecular flexibility index (Phi) is 14.7. The third-order valence-electron chi connectivity index (χ3n) is 8.08. The number of carbonyl (C=O) groups excluding carboxylic acids is 1. The smallest absolute Gasteiger partial charge is 0.410 e. The first-order valence-electron chi connectivity index (χ1n) is 16.8. The summed E-state index contributed by atoms with van der Waals surface area (Å²) in [7, 11) is 0. The number of hydrogen-bond acceptors (Lipinski definition) is 11. The van der Waals surface area contributed by atoms with E-state index >= 15 is 0 Å². The Balaban J connectivity index is 0.000000180. The SMILES string of the molecule is CC(C)(C)OC(=O)N1CCC(CN)CC1.FC(F)(F)Cc1cc2c(Cl)ncnc2s1.FC(F)(F)Cc1cc2c(NCC3CCNCC3)ncnc2s1. The molecule has 0 radical (unpaired) electrons. The molecule has 2 aliphatic rings. The summed E-state index contributed by atoms with van der Waals surface area (Å²) in [5.41, 5.74) is 5.19. The number of nitrogens with one attached hydrogen (secondary N) is 2. The van der Waals surface area contributed by atoms with E-state index in [0.29, 0.717) is 38.1 Å². The molecule has 52 heavy (non-hydrogen) atoms. The van der Waals surface area contributed by atoms with Crippen LogP contribution in [-0.2, 0) is 17.6 Å². The molecule has 288 valence electrons. The van der Waals surface area contributed by atoms with Gasteiger partial charge in [0.05, 0.1) is 18.2 Å². The summed E-state index contributed by atoms with van der Waals surface area (Å²) in [5.74, 6) is 1.77. The van der Waals surface area contributed by atoms with Crippen LogP contribution >= 0.6 is 34.3 Å². The molecular formula is C33H43ClF6N8O2S2. The number of fused-ring (bicyclic) bond motifs is 2. The zero-order valence-corrected chi connectivity index (χ0v) is 31.4. The van der Waals surface area contributed by atoms with Crippen molar-refractivity contribution in [3.8, 4) is 0 Å². The molecule has 4 aromatic rings. The van der Waals surface area contributed by atoms with Gasteiger partial charge in [-0.1, -0.05) is 11.6 Å². The van der Waals surface area contributed by atoms with Crippen LogP contribution < -0.4 is 16.4 Å². The van der Waals surface area contributed by atoms with Crippen LogP contribution in [0.15, 0.2) is 24.8 Å². The van der Waals surface area contributed by atoms with Gasteiger partial charge in [-0.15, -0.1) is 22.7 Å². The quantitative estimate of drug-likeness (QED) is 0.130. The van der Waals surface area contributed by atoms with Gasteiger partial charge in [-0.2, -0.15) is 26.3 Å². The predicted molar refractivity (Wildman–Crippen MR) is 193 cm³/mol. The number of halogens is 7. The van der Waals surface area contributed by atoms with Crippen molar-refractivity contribution in [3.63, 3.8) is 0 Å². The number of ether oxygens (including phenoxy) is 1. The molecule has 0 unspecified atom stereocenters. The highest BCUT2D eigenvalue weighted by Crippen LogP contribution is 2.33. The van der Waals surface area contributed by atoms with Crippen LogP contribution in [0.5, 0.6) is 0 Å². The number of nitrogens with zero attached hydrogens (tertiary/aromatic N) is 5. The van der Waals surface area contributed by atoms with E-state index in [2.05, 4.69) is 30.6 Å². The number of amides is 1. The van der Waals surface area contributed by atoms with Gasteiger partial charge in [0.15, 0.2) is 0 Å². The summed E-state index contributed by atoms with van der Waals surface area (Å²) in [6.45, 7) is 10.7. The zero-order chi connectivity index (χ0) is 38.1. The van der Waals surface area contributed by atoms with Crippen molar-refractivity contribution in [1.82, 2.24) is 30.2 Å². The van der Waals surface area contributed by atoms with Gasteiger partial charge < -0.3 is 26.0 Å². The highest BCUT2D eigenvalue weighted by atomic mass is 35.5. The first-order chi connectivity index (χ1) is 24.4. The van der Waals surface area contributed by atoms with Crippen LogP contribution in [0, 0.1) is 11.8 Å². The van der Waals surface area contributed by atoms with E-state index in [4.69, 9.17) is 22.1 Å². The Labute approximate surface area is 310 Å². The molecule has 0 saturated carbocycles. The van der Waals surface area contributed by atoms with Crippen LogP contribution in [-0.4, -0.2) is 88.2 Å². The highest BCUT2D eigenvalue weighted by Gasteiger charge is 2.30. The third kappa shape index (κ3) is 13.7. The molecule has 0 atom stereocenters. The maximum absolute atomic E-state index is 12.5. The number of alkyl halides is 6. The molecule has 0 aromatic carbocycles.